The summed E-state index contributed by atoms with van der Waals surface area (Å²) < 4.78 is 55.2. The monoisotopic (exact) mass is 490 g/mol. The standard InChI is InChI=1S/C23H23ClN2O4S2/c24-21-7-10-23(11-8-21)32(29,30)26-14-12-19-6-9-22(16-20(19)17-26)25-31(27,28)15-13-18-4-2-1-3-5-18/h1-11,16,25H,12-15,17H2. The number of anilines is 1. The van der Waals surface area contributed by atoms with Crippen LogP contribution in [0.3, 0.4) is 0 Å². The fraction of sp³-hybridized carbons (Fsp3) is 0.217. The highest BCUT2D eigenvalue weighted by atomic mass is 35.5. The molecule has 0 aliphatic carbocycles. The first-order valence-corrected chi connectivity index (χ1v) is 13.6. The Labute approximate surface area is 193 Å². The Kier molecular flexibility index (Phi) is 6.57. The third-order valence-electron chi connectivity index (χ3n) is 5.41. The number of nitrogens with zero attached hydrogens (tertiary/aromatic N) is 1. The number of fused-ring (bicyclic) bond motifs is 1. The van der Waals surface area contributed by atoms with E-state index < -0.39 is 20.0 Å². The molecule has 0 unspecified atom stereocenters. The highest BCUT2D eigenvalue weighted by Crippen LogP contribution is 2.28. The molecule has 32 heavy (non-hydrogen) atoms. The van der Waals surface area contributed by atoms with E-state index in [9.17, 15) is 16.8 Å². The van der Waals surface area contributed by atoms with E-state index in [1.54, 1.807) is 24.3 Å². The number of hydrogen-bond acceptors (Lipinski definition) is 4. The molecule has 0 saturated carbocycles. The Morgan fingerprint density at radius 2 is 1.59 bits per heavy atom. The van der Waals surface area contributed by atoms with Gasteiger partial charge in [0.05, 0.1) is 10.6 Å². The zero-order valence-corrected chi connectivity index (χ0v) is 19.6. The van der Waals surface area contributed by atoms with Crippen molar-refractivity contribution in [2.45, 2.75) is 24.3 Å². The molecule has 4 rings (SSSR count). The van der Waals surface area contributed by atoms with Crippen LogP contribution in [0.1, 0.15) is 16.7 Å². The second-order valence-corrected chi connectivity index (χ2v) is 11.9. The lowest BCUT2D eigenvalue weighted by Crippen LogP contribution is -2.36. The van der Waals surface area contributed by atoms with Crippen molar-refractivity contribution in [2.75, 3.05) is 17.0 Å². The maximum absolute atomic E-state index is 13.0. The van der Waals surface area contributed by atoms with Crippen LogP contribution < -0.4 is 4.72 Å². The van der Waals surface area contributed by atoms with Gasteiger partial charge in [-0.1, -0.05) is 48.0 Å². The summed E-state index contributed by atoms with van der Waals surface area (Å²) in [7, 11) is -7.22. The van der Waals surface area contributed by atoms with Gasteiger partial charge in [-0.2, -0.15) is 4.31 Å². The molecular formula is C23H23ClN2O4S2. The van der Waals surface area contributed by atoms with Crippen molar-refractivity contribution in [3.63, 3.8) is 0 Å². The van der Waals surface area contributed by atoms with Gasteiger partial charge in [0, 0.05) is 23.8 Å². The predicted octanol–water partition coefficient (Wildman–Crippen LogP) is 4.07. The summed E-state index contributed by atoms with van der Waals surface area (Å²) >= 11 is 5.88. The smallest absolute Gasteiger partial charge is 0.243 e. The van der Waals surface area contributed by atoms with Crippen LogP contribution in [0.25, 0.3) is 0 Å². The number of rotatable bonds is 7. The Bertz CT molecular complexity index is 1310. The Morgan fingerprint density at radius 3 is 2.31 bits per heavy atom. The predicted molar refractivity (Wildman–Crippen MR) is 127 cm³/mol. The van der Waals surface area contributed by atoms with Gasteiger partial charge >= 0.3 is 0 Å². The average Bonchev–Trinajstić information content (AvgIpc) is 2.78. The van der Waals surface area contributed by atoms with E-state index in [1.807, 2.05) is 36.4 Å². The van der Waals surface area contributed by atoms with Gasteiger partial charge in [-0.25, -0.2) is 16.8 Å². The van der Waals surface area contributed by atoms with Crippen LogP contribution in [-0.4, -0.2) is 33.4 Å². The summed E-state index contributed by atoms with van der Waals surface area (Å²) in [5.74, 6) is -0.0365. The van der Waals surface area contributed by atoms with Crippen LogP contribution in [0, 0.1) is 0 Å². The van der Waals surface area contributed by atoms with Gasteiger partial charge in [0.2, 0.25) is 20.0 Å². The van der Waals surface area contributed by atoms with E-state index in [-0.39, 0.29) is 17.2 Å². The second-order valence-electron chi connectivity index (χ2n) is 7.68. The molecule has 0 radical (unpaired) electrons. The first-order chi connectivity index (χ1) is 15.2. The summed E-state index contributed by atoms with van der Waals surface area (Å²) in [5.41, 5.74) is 3.19. The van der Waals surface area contributed by atoms with E-state index in [2.05, 4.69) is 4.72 Å². The molecule has 0 saturated heterocycles. The van der Waals surface area contributed by atoms with Crippen molar-refractivity contribution in [3.8, 4) is 0 Å². The highest BCUT2D eigenvalue weighted by Gasteiger charge is 2.28. The zero-order chi connectivity index (χ0) is 22.8. The third-order valence-corrected chi connectivity index (χ3v) is 8.81. The minimum atomic E-state index is -3.67. The van der Waals surface area contributed by atoms with Gasteiger partial charge in [0.15, 0.2) is 0 Å². The maximum atomic E-state index is 13.0. The van der Waals surface area contributed by atoms with Gasteiger partial charge in [0.25, 0.3) is 0 Å². The molecule has 1 aliphatic rings. The van der Waals surface area contributed by atoms with Crippen molar-refractivity contribution in [1.29, 1.82) is 0 Å². The topological polar surface area (TPSA) is 83.6 Å². The average molecular weight is 491 g/mol. The van der Waals surface area contributed by atoms with Gasteiger partial charge in [-0.15, -0.1) is 0 Å². The molecule has 6 nitrogen and oxygen atoms in total. The molecule has 1 aliphatic heterocycles. The number of nitrogens with one attached hydrogen (secondary N) is 1. The minimum absolute atomic E-state index is 0.0365. The molecule has 3 aromatic carbocycles. The largest absolute Gasteiger partial charge is 0.284 e. The van der Waals surface area contributed by atoms with Gasteiger partial charge in [-0.3, -0.25) is 4.72 Å². The molecule has 0 bridgehead atoms. The van der Waals surface area contributed by atoms with E-state index in [0.717, 1.165) is 16.7 Å². The Hall–Kier alpha value is -2.39. The quantitative estimate of drug-likeness (QED) is 0.541. The number of hydrogen-bond donors (Lipinski definition) is 1. The number of benzene rings is 3. The Balaban J connectivity index is 1.48. The van der Waals surface area contributed by atoms with Gasteiger partial charge in [-0.05, 0) is 65.9 Å². The molecule has 0 fully saturated rings. The Morgan fingerprint density at radius 1 is 0.875 bits per heavy atom. The fourth-order valence-corrected chi connectivity index (χ4v) is 6.32. The van der Waals surface area contributed by atoms with Crippen LogP contribution in [0.2, 0.25) is 5.02 Å². The highest BCUT2D eigenvalue weighted by molar-refractivity contribution is 7.92. The third kappa shape index (κ3) is 5.32. The van der Waals surface area contributed by atoms with Crippen molar-refractivity contribution in [2.24, 2.45) is 0 Å². The molecule has 1 N–H and O–H groups in total. The number of halogens is 1. The molecule has 0 atom stereocenters. The van der Waals surface area contributed by atoms with Crippen LogP contribution in [0.5, 0.6) is 0 Å². The van der Waals surface area contributed by atoms with Crippen LogP contribution in [0.4, 0.5) is 5.69 Å². The second kappa shape index (κ2) is 9.23. The molecule has 9 heteroatoms. The summed E-state index contributed by atoms with van der Waals surface area (Å²) in [5, 5.41) is 0.470. The first-order valence-electron chi connectivity index (χ1n) is 10.1. The molecule has 0 spiro atoms. The van der Waals surface area contributed by atoms with E-state index in [4.69, 9.17) is 11.6 Å². The first kappa shape index (κ1) is 22.8. The van der Waals surface area contributed by atoms with Crippen molar-refractivity contribution in [1.82, 2.24) is 4.31 Å². The lowest BCUT2D eigenvalue weighted by Gasteiger charge is -2.28. The lowest BCUT2D eigenvalue weighted by atomic mass is 10.0. The summed E-state index contributed by atoms with van der Waals surface area (Å²) in [6.07, 6.45) is 0.970. The van der Waals surface area contributed by atoms with Crippen LogP contribution >= 0.6 is 11.6 Å². The molecule has 3 aromatic rings. The van der Waals surface area contributed by atoms with Gasteiger partial charge in [0.1, 0.15) is 0 Å². The van der Waals surface area contributed by atoms with E-state index in [1.165, 1.54) is 16.4 Å². The van der Waals surface area contributed by atoms with Crippen molar-refractivity contribution < 1.29 is 16.8 Å². The summed E-state index contributed by atoms with van der Waals surface area (Å²) in [6.45, 7) is 0.542. The van der Waals surface area contributed by atoms with E-state index >= 15 is 0 Å². The lowest BCUT2D eigenvalue weighted by molar-refractivity contribution is 0.391. The fourth-order valence-electron chi connectivity index (χ4n) is 3.68. The molecule has 168 valence electrons. The van der Waals surface area contributed by atoms with Crippen molar-refractivity contribution >= 4 is 37.3 Å². The van der Waals surface area contributed by atoms with Crippen LogP contribution in [-0.2, 0) is 39.4 Å². The number of sulfonamides is 2. The molecule has 0 aromatic heterocycles. The van der Waals surface area contributed by atoms with Crippen LogP contribution in [0.15, 0.2) is 77.7 Å². The zero-order valence-electron chi connectivity index (χ0n) is 17.2. The maximum Gasteiger partial charge on any atom is 0.243 e. The molecule has 1 heterocycles. The minimum Gasteiger partial charge on any atom is -0.284 e. The number of aryl methyl sites for hydroxylation is 1. The molecule has 0 amide bonds. The molecular weight excluding hydrogens is 468 g/mol. The van der Waals surface area contributed by atoms with E-state index in [0.29, 0.717) is 30.1 Å². The summed E-state index contributed by atoms with van der Waals surface area (Å²) in [6, 6.07) is 20.8. The van der Waals surface area contributed by atoms with Crippen molar-refractivity contribution in [3.05, 3.63) is 94.5 Å². The SMILES string of the molecule is O=S(=O)(CCc1ccccc1)Nc1ccc2c(c1)CN(S(=O)(=O)c1ccc(Cl)cc1)CC2. The van der Waals surface area contributed by atoms with Gasteiger partial charge < -0.3 is 0 Å². The summed E-state index contributed by atoms with van der Waals surface area (Å²) in [4.78, 5) is 0.183. The normalized spacial score (nSPS) is 14.7.